The highest BCUT2D eigenvalue weighted by Gasteiger charge is 2.22. The number of rotatable bonds is 6. The van der Waals surface area contributed by atoms with Gasteiger partial charge in [0.25, 0.3) is 0 Å². The summed E-state index contributed by atoms with van der Waals surface area (Å²) in [5.41, 5.74) is 0.512. The summed E-state index contributed by atoms with van der Waals surface area (Å²) >= 11 is 8.70. The normalized spacial score (nSPS) is 14.0. The second-order valence-corrected chi connectivity index (χ2v) is 7.03. The fourth-order valence-electron chi connectivity index (χ4n) is 1.52. The third-order valence-corrected chi connectivity index (χ3v) is 4.96. The van der Waals surface area contributed by atoms with Crippen molar-refractivity contribution in [2.75, 3.05) is 16.4 Å². The lowest BCUT2D eigenvalue weighted by Gasteiger charge is -2.04. The predicted octanol–water partition coefficient (Wildman–Crippen LogP) is 2.89. The topological polar surface area (TPSA) is 79.8 Å². The lowest BCUT2D eigenvalue weighted by molar-refractivity contribution is -0.113. The van der Waals surface area contributed by atoms with Gasteiger partial charge in [0.15, 0.2) is 9.49 Å². The van der Waals surface area contributed by atoms with Crippen LogP contribution in [0.25, 0.3) is 0 Å². The lowest BCUT2D eigenvalue weighted by atomic mass is 10.4. The molecule has 0 aromatic carbocycles. The van der Waals surface area contributed by atoms with Crippen LogP contribution in [0.1, 0.15) is 12.8 Å². The third-order valence-electron chi connectivity index (χ3n) is 2.67. The monoisotopic (exact) mass is 341 g/mol. The van der Waals surface area contributed by atoms with Gasteiger partial charge >= 0.3 is 0 Å². The molecule has 0 spiro atoms. The number of halogens is 1. The summed E-state index contributed by atoms with van der Waals surface area (Å²) < 4.78 is 0.769. The molecule has 3 rings (SSSR count). The van der Waals surface area contributed by atoms with Crippen molar-refractivity contribution in [3.05, 3.63) is 23.5 Å². The van der Waals surface area contributed by atoms with Gasteiger partial charge in [-0.3, -0.25) is 4.79 Å². The number of amides is 1. The van der Waals surface area contributed by atoms with E-state index in [4.69, 9.17) is 11.6 Å². The molecule has 0 radical (unpaired) electrons. The molecule has 1 saturated carbocycles. The first kappa shape index (κ1) is 14.6. The second-order valence-electron chi connectivity index (χ2n) is 4.47. The Hall–Kier alpha value is -1.38. The van der Waals surface area contributed by atoms with Crippen LogP contribution in [0, 0.1) is 0 Å². The largest absolute Gasteiger partial charge is 0.357 e. The van der Waals surface area contributed by atoms with Gasteiger partial charge in [-0.05, 0) is 25.0 Å². The van der Waals surface area contributed by atoms with Gasteiger partial charge in [0.05, 0.1) is 11.4 Å². The Morgan fingerprint density at radius 1 is 1.48 bits per heavy atom. The van der Waals surface area contributed by atoms with E-state index in [-0.39, 0.29) is 16.8 Å². The van der Waals surface area contributed by atoms with Crippen molar-refractivity contribution in [1.29, 1.82) is 0 Å². The predicted molar refractivity (Wildman–Crippen MR) is 85.2 cm³/mol. The molecule has 21 heavy (non-hydrogen) atoms. The van der Waals surface area contributed by atoms with E-state index in [1.165, 1.54) is 35.9 Å². The molecule has 0 bridgehead atoms. The molecular formula is C12H12ClN5OS2. The Kier molecular flexibility index (Phi) is 4.57. The van der Waals surface area contributed by atoms with Crippen molar-refractivity contribution in [3.63, 3.8) is 0 Å². The molecule has 2 N–H and O–H groups in total. The average Bonchev–Trinajstić information content (AvgIpc) is 3.16. The summed E-state index contributed by atoms with van der Waals surface area (Å²) in [6.45, 7) is 0. The number of pyridine rings is 1. The highest BCUT2D eigenvalue weighted by Crippen LogP contribution is 2.30. The van der Waals surface area contributed by atoms with Crippen molar-refractivity contribution in [2.24, 2.45) is 0 Å². The maximum Gasteiger partial charge on any atom is 0.234 e. The second kappa shape index (κ2) is 6.59. The smallest absolute Gasteiger partial charge is 0.234 e. The van der Waals surface area contributed by atoms with Crippen LogP contribution in [0.4, 0.5) is 10.8 Å². The number of hydrogen-bond acceptors (Lipinski definition) is 7. The van der Waals surface area contributed by atoms with Gasteiger partial charge in [-0.25, -0.2) is 4.98 Å². The minimum Gasteiger partial charge on any atom is -0.357 e. The minimum absolute atomic E-state index is 0.151. The highest BCUT2D eigenvalue weighted by molar-refractivity contribution is 8.01. The molecular weight excluding hydrogens is 330 g/mol. The first-order chi connectivity index (χ1) is 10.2. The summed E-state index contributed by atoms with van der Waals surface area (Å²) in [4.78, 5) is 15.8. The third kappa shape index (κ3) is 4.29. The zero-order valence-corrected chi connectivity index (χ0v) is 13.3. The van der Waals surface area contributed by atoms with E-state index >= 15 is 0 Å². The summed E-state index contributed by atoms with van der Waals surface area (Å²) in [6.07, 6.45) is 3.95. The van der Waals surface area contributed by atoms with Gasteiger partial charge in [-0.1, -0.05) is 34.7 Å². The lowest BCUT2D eigenvalue weighted by Crippen LogP contribution is -2.14. The van der Waals surface area contributed by atoms with Crippen molar-refractivity contribution < 1.29 is 4.79 Å². The van der Waals surface area contributed by atoms with Crippen LogP contribution in [-0.4, -0.2) is 32.9 Å². The summed E-state index contributed by atoms with van der Waals surface area (Å²) in [5.74, 6) is 0.102. The first-order valence-electron chi connectivity index (χ1n) is 6.34. The van der Waals surface area contributed by atoms with E-state index in [1.54, 1.807) is 18.3 Å². The number of thioether (sulfide) groups is 1. The molecule has 1 aliphatic carbocycles. The Bertz CT molecular complexity index is 646. The van der Waals surface area contributed by atoms with Crippen molar-refractivity contribution >= 4 is 51.4 Å². The van der Waals surface area contributed by atoms with Crippen LogP contribution >= 0.6 is 34.7 Å². The van der Waals surface area contributed by atoms with E-state index in [2.05, 4.69) is 25.8 Å². The Balaban J connectivity index is 1.49. The molecule has 0 aliphatic heterocycles. The molecule has 0 atom stereocenters. The number of carbonyl (C=O) groups excluding carboxylic acids is 1. The summed E-state index contributed by atoms with van der Waals surface area (Å²) in [5, 5.41) is 15.2. The summed E-state index contributed by atoms with van der Waals surface area (Å²) in [7, 11) is 0. The Labute approximate surface area is 134 Å². The molecule has 9 heteroatoms. The van der Waals surface area contributed by atoms with Gasteiger partial charge in [-0.2, -0.15) is 0 Å². The molecule has 110 valence electrons. The number of nitrogens with zero attached hydrogens (tertiary/aromatic N) is 3. The average molecular weight is 342 g/mol. The number of aromatic nitrogens is 3. The van der Waals surface area contributed by atoms with Crippen molar-refractivity contribution in [1.82, 2.24) is 15.2 Å². The molecule has 0 unspecified atom stereocenters. The molecule has 1 fully saturated rings. The quantitative estimate of drug-likeness (QED) is 0.621. The molecule has 2 aromatic rings. The fourth-order valence-corrected chi connectivity index (χ4v) is 3.32. The first-order valence-corrected chi connectivity index (χ1v) is 8.52. The highest BCUT2D eigenvalue weighted by atomic mass is 35.5. The van der Waals surface area contributed by atoms with Crippen LogP contribution in [0.5, 0.6) is 0 Å². The van der Waals surface area contributed by atoms with E-state index in [0.29, 0.717) is 11.7 Å². The van der Waals surface area contributed by atoms with Crippen LogP contribution in [0.2, 0.25) is 5.15 Å². The number of anilines is 2. The zero-order chi connectivity index (χ0) is 14.7. The van der Waals surface area contributed by atoms with Crippen molar-refractivity contribution in [3.8, 4) is 0 Å². The number of hydrogen-bond donors (Lipinski definition) is 2. The van der Waals surface area contributed by atoms with E-state index in [0.717, 1.165) is 9.47 Å². The van der Waals surface area contributed by atoms with Crippen LogP contribution in [0.15, 0.2) is 22.7 Å². The zero-order valence-electron chi connectivity index (χ0n) is 10.9. The number of nitrogens with one attached hydrogen (secondary N) is 2. The van der Waals surface area contributed by atoms with Gasteiger partial charge < -0.3 is 10.6 Å². The maximum absolute atomic E-state index is 11.9. The van der Waals surface area contributed by atoms with Gasteiger partial charge in [-0.15, -0.1) is 10.2 Å². The van der Waals surface area contributed by atoms with E-state index in [1.807, 2.05) is 0 Å². The number of carbonyl (C=O) groups is 1. The van der Waals surface area contributed by atoms with Gasteiger partial charge in [0, 0.05) is 12.2 Å². The van der Waals surface area contributed by atoms with Crippen LogP contribution < -0.4 is 10.6 Å². The van der Waals surface area contributed by atoms with Crippen LogP contribution in [-0.2, 0) is 4.79 Å². The van der Waals surface area contributed by atoms with E-state index in [9.17, 15) is 4.79 Å². The van der Waals surface area contributed by atoms with Gasteiger partial charge in [0.2, 0.25) is 11.0 Å². The molecule has 2 heterocycles. The van der Waals surface area contributed by atoms with Crippen LogP contribution in [0.3, 0.4) is 0 Å². The van der Waals surface area contributed by atoms with Crippen molar-refractivity contribution in [2.45, 2.75) is 23.2 Å². The minimum atomic E-state index is -0.151. The van der Waals surface area contributed by atoms with Gasteiger partial charge in [0.1, 0.15) is 0 Å². The molecule has 1 aliphatic rings. The molecule has 2 aromatic heterocycles. The molecule has 1 amide bonds. The fraction of sp³-hybridized carbons (Fsp3) is 0.333. The Morgan fingerprint density at radius 3 is 3.10 bits per heavy atom. The SMILES string of the molecule is O=C(CSc1nnc(NC2CC2)s1)Nc1cccnc1Cl. The Morgan fingerprint density at radius 2 is 2.33 bits per heavy atom. The molecule has 6 nitrogen and oxygen atoms in total. The molecule has 0 saturated heterocycles. The summed E-state index contributed by atoms with van der Waals surface area (Å²) in [6, 6.07) is 3.97. The standard InChI is InChI=1S/C12H12ClN5OS2/c13-10-8(2-1-5-14-10)16-9(19)6-20-12-18-17-11(21-12)15-7-3-4-7/h1-2,5,7H,3-4,6H2,(H,15,17)(H,16,19). The van der Waals surface area contributed by atoms with E-state index < -0.39 is 0 Å². The maximum atomic E-state index is 11.9.